The van der Waals surface area contributed by atoms with Crippen LogP contribution in [0.25, 0.3) is 0 Å². The Morgan fingerprint density at radius 2 is 1.96 bits per heavy atom. The van der Waals surface area contributed by atoms with E-state index >= 15 is 0 Å². The maximum absolute atomic E-state index is 12.3. The average Bonchev–Trinajstić information content (AvgIpc) is 2.64. The standard InChI is InChI=1S/C17H18N4O3S/c18-10-13-3-8-17(20-11-13)24-15-6-4-14(5-7-15)21-25(22,23)16-2-1-9-19-12-16/h1-3,8-9,11-12,14-15,21H,4-7H2. The quantitative estimate of drug-likeness (QED) is 0.876. The number of nitrogens with one attached hydrogen (secondary N) is 1. The van der Waals surface area contributed by atoms with Crippen molar-refractivity contribution in [2.75, 3.05) is 0 Å². The Kier molecular flexibility index (Phi) is 5.26. The fraction of sp³-hybridized carbons (Fsp3) is 0.353. The lowest BCUT2D eigenvalue weighted by Crippen LogP contribution is -2.39. The number of nitriles is 1. The summed E-state index contributed by atoms with van der Waals surface area (Å²) in [7, 11) is -3.54. The second-order valence-corrected chi connectivity index (χ2v) is 7.61. The predicted molar refractivity (Wildman–Crippen MR) is 90.2 cm³/mol. The normalized spacial score (nSPS) is 20.6. The zero-order valence-corrected chi connectivity index (χ0v) is 14.3. The lowest BCUT2D eigenvalue weighted by Gasteiger charge is -2.29. The Morgan fingerprint density at radius 1 is 1.16 bits per heavy atom. The van der Waals surface area contributed by atoms with E-state index in [-0.39, 0.29) is 17.0 Å². The van der Waals surface area contributed by atoms with Crippen LogP contribution < -0.4 is 9.46 Å². The van der Waals surface area contributed by atoms with Gasteiger partial charge >= 0.3 is 0 Å². The SMILES string of the molecule is N#Cc1ccc(OC2CCC(NS(=O)(=O)c3cccnc3)CC2)nc1. The molecule has 0 aliphatic heterocycles. The monoisotopic (exact) mass is 358 g/mol. The van der Waals surface area contributed by atoms with Crippen molar-refractivity contribution >= 4 is 10.0 Å². The van der Waals surface area contributed by atoms with E-state index in [9.17, 15) is 8.42 Å². The maximum Gasteiger partial charge on any atom is 0.242 e. The van der Waals surface area contributed by atoms with Gasteiger partial charge in [-0.05, 0) is 43.9 Å². The van der Waals surface area contributed by atoms with Gasteiger partial charge in [0.1, 0.15) is 17.1 Å². The minimum absolute atomic E-state index is 0.000387. The molecule has 8 heteroatoms. The summed E-state index contributed by atoms with van der Waals surface area (Å²) in [6.45, 7) is 0. The van der Waals surface area contributed by atoms with Crippen molar-refractivity contribution < 1.29 is 13.2 Å². The van der Waals surface area contributed by atoms with Crippen LogP contribution in [0.15, 0.2) is 47.8 Å². The first-order chi connectivity index (χ1) is 12.1. The molecule has 1 fully saturated rings. The molecule has 0 radical (unpaired) electrons. The largest absolute Gasteiger partial charge is 0.474 e. The smallest absolute Gasteiger partial charge is 0.242 e. The van der Waals surface area contributed by atoms with Crippen molar-refractivity contribution in [2.45, 2.75) is 42.7 Å². The van der Waals surface area contributed by atoms with Crippen molar-refractivity contribution in [3.8, 4) is 11.9 Å². The highest BCUT2D eigenvalue weighted by atomic mass is 32.2. The number of hydrogen-bond donors (Lipinski definition) is 1. The lowest BCUT2D eigenvalue weighted by molar-refractivity contribution is 0.138. The molecule has 1 aliphatic carbocycles. The van der Waals surface area contributed by atoms with Crippen molar-refractivity contribution in [3.05, 3.63) is 48.4 Å². The maximum atomic E-state index is 12.3. The molecule has 0 bridgehead atoms. The molecule has 0 unspecified atom stereocenters. The third kappa shape index (κ3) is 4.53. The molecule has 0 aromatic carbocycles. The fourth-order valence-electron chi connectivity index (χ4n) is 2.78. The Bertz CT molecular complexity index is 840. The van der Waals surface area contributed by atoms with Crippen LogP contribution in [0, 0.1) is 11.3 Å². The molecular weight excluding hydrogens is 340 g/mol. The van der Waals surface area contributed by atoms with Crippen LogP contribution in [0.2, 0.25) is 0 Å². The summed E-state index contributed by atoms with van der Waals surface area (Å²) in [6, 6.07) is 8.37. The second kappa shape index (κ2) is 7.59. The second-order valence-electron chi connectivity index (χ2n) is 5.90. The van der Waals surface area contributed by atoms with Gasteiger partial charge in [0.15, 0.2) is 0 Å². The highest BCUT2D eigenvalue weighted by Gasteiger charge is 2.26. The van der Waals surface area contributed by atoms with Gasteiger partial charge in [-0.3, -0.25) is 4.98 Å². The van der Waals surface area contributed by atoms with Gasteiger partial charge in [-0.1, -0.05) is 0 Å². The number of pyridine rings is 2. The minimum atomic E-state index is -3.54. The average molecular weight is 358 g/mol. The summed E-state index contributed by atoms with van der Waals surface area (Å²) in [6.07, 6.45) is 7.22. The van der Waals surface area contributed by atoms with Gasteiger partial charge in [0.2, 0.25) is 15.9 Å². The predicted octanol–water partition coefficient (Wildman–Crippen LogP) is 2.02. The Labute approximate surface area is 146 Å². The van der Waals surface area contributed by atoms with Gasteiger partial charge < -0.3 is 4.74 Å². The van der Waals surface area contributed by atoms with Crippen LogP contribution >= 0.6 is 0 Å². The summed E-state index contributed by atoms with van der Waals surface area (Å²) in [5, 5.41) is 8.76. The lowest BCUT2D eigenvalue weighted by atomic mass is 9.94. The number of sulfonamides is 1. The first-order valence-corrected chi connectivity index (χ1v) is 9.50. The molecule has 25 heavy (non-hydrogen) atoms. The van der Waals surface area contributed by atoms with Crippen LogP contribution in [-0.2, 0) is 10.0 Å². The third-order valence-corrected chi connectivity index (χ3v) is 5.60. The molecule has 1 N–H and O–H groups in total. The molecule has 130 valence electrons. The molecular formula is C17H18N4O3S. The minimum Gasteiger partial charge on any atom is -0.474 e. The van der Waals surface area contributed by atoms with Crippen molar-refractivity contribution in [1.29, 1.82) is 5.26 Å². The molecule has 2 heterocycles. The molecule has 2 aromatic heterocycles. The van der Waals surface area contributed by atoms with Crippen molar-refractivity contribution in [1.82, 2.24) is 14.7 Å². The van der Waals surface area contributed by atoms with E-state index in [0.717, 1.165) is 12.8 Å². The van der Waals surface area contributed by atoms with Gasteiger partial charge in [0.05, 0.1) is 5.56 Å². The molecule has 0 saturated heterocycles. The molecule has 1 aliphatic rings. The van der Waals surface area contributed by atoms with Gasteiger partial charge in [-0.2, -0.15) is 5.26 Å². The number of hydrogen-bond acceptors (Lipinski definition) is 6. The zero-order valence-electron chi connectivity index (χ0n) is 13.5. The van der Waals surface area contributed by atoms with E-state index in [1.807, 2.05) is 6.07 Å². The summed E-state index contributed by atoms with van der Waals surface area (Å²) >= 11 is 0. The summed E-state index contributed by atoms with van der Waals surface area (Å²) in [5.74, 6) is 0.485. The number of nitrogens with zero attached hydrogens (tertiary/aromatic N) is 3. The van der Waals surface area contributed by atoms with Gasteiger partial charge in [0, 0.05) is 30.7 Å². The zero-order chi connectivity index (χ0) is 17.7. The van der Waals surface area contributed by atoms with E-state index in [0.29, 0.717) is 24.3 Å². The molecule has 3 rings (SSSR count). The highest BCUT2D eigenvalue weighted by molar-refractivity contribution is 7.89. The van der Waals surface area contributed by atoms with E-state index < -0.39 is 10.0 Å². The molecule has 0 amide bonds. The molecule has 0 atom stereocenters. The Balaban J connectivity index is 1.52. The number of aromatic nitrogens is 2. The first-order valence-electron chi connectivity index (χ1n) is 8.02. The third-order valence-electron chi connectivity index (χ3n) is 4.09. The fourth-order valence-corrected chi connectivity index (χ4v) is 4.05. The van der Waals surface area contributed by atoms with Crippen LogP contribution in [0.4, 0.5) is 0 Å². The van der Waals surface area contributed by atoms with Gasteiger partial charge in [-0.15, -0.1) is 0 Å². The molecule has 2 aromatic rings. The highest BCUT2D eigenvalue weighted by Crippen LogP contribution is 2.24. The summed E-state index contributed by atoms with van der Waals surface area (Å²) in [5.41, 5.74) is 0.487. The summed E-state index contributed by atoms with van der Waals surface area (Å²) < 4.78 is 33.2. The van der Waals surface area contributed by atoms with Gasteiger partial charge in [-0.25, -0.2) is 18.1 Å². The first kappa shape index (κ1) is 17.3. The van der Waals surface area contributed by atoms with Crippen molar-refractivity contribution in [2.24, 2.45) is 0 Å². The van der Waals surface area contributed by atoms with Gasteiger partial charge in [0.25, 0.3) is 0 Å². The van der Waals surface area contributed by atoms with E-state index in [1.54, 1.807) is 24.4 Å². The number of rotatable bonds is 5. The Morgan fingerprint density at radius 3 is 2.56 bits per heavy atom. The number of ether oxygens (including phenoxy) is 1. The van der Waals surface area contributed by atoms with Crippen LogP contribution in [0.1, 0.15) is 31.2 Å². The van der Waals surface area contributed by atoms with Crippen molar-refractivity contribution in [3.63, 3.8) is 0 Å². The Hall–Kier alpha value is -2.50. The molecule has 0 spiro atoms. The van der Waals surface area contributed by atoms with E-state index in [2.05, 4.69) is 14.7 Å². The van der Waals surface area contributed by atoms with Crippen LogP contribution in [-0.4, -0.2) is 30.5 Å². The van der Waals surface area contributed by atoms with E-state index in [4.69, 9.17) is 10.00 Å². The molecule has 7 nitrogen and oxygen atoms in total. The molecule has 1 saturated carbocycles. The summed E-state index contributed by atoms with van der Waals surface area (Å²) in [4.78, 5) is 8.12. The van der Waals surface area contributed by atoms with E-state index in [1.165, 1.54) is 18.5 Å². The van der Waals surface area contributed by atoms with Crippen LogP contribution in [0.3, 0.4) is 0 Å². The van der Waals surface area contributed by atoms with Crippen LogP contribution in [0.5, 0.6) is 5.88 Å². The topological polar surface area (TPSA) is 105 Å².